The maximum Gasteiger partial charge on any atom is 0.222 e. The van der Waals surface area contributed by atoms with Crippen molar-refractivity contribution in [2.45, 2.75) is 63.1 Å². The number of carbonyl (C=O) groups is 1. The Kier molecular flexibility index (Phi) is 7.05. The molecule has 1 heterocycles. The Hall–Kier alpha value is -1.89. The van der Waals surface area contributed by atoms with Gasteiger partial charge in [-0.2, -0.15) is 4.68 Å². The Morgan fingerprint density at radius 3 is 2.73 bits per heavy atom. The van der Waals surface area contributed by atoms with E-state index in [1.807, 2.05) is 30.3 Å². The average Bonchev–Trinajstić information content (AvgIpc) is 3.16. The van der Waals surface area contributed by atoms with Crippen LogP contribution in [0.4, 0.5) is 0 Å². The topological polar surface area (TPSA) is 63.9 Å². The first kappa shape index (κ1) is 18.9. The molecule has 6 nitrogen and oxygen atoms in total. The molecular weight excluding hydrogens is 346 g/mol. The highest BCUT2D eigenvalue weighted by Gasteiger charge is 2.23. The molecule has 1 aliphatic carbocycles. The number of nitrogens with zero attached hydrogens (tertiary/aromatic N) is 5. The molecule has 0 N–H and O–H groups in total. The van der Waals surface area contributed by atoms with Gasteiger partial charge in [0.25, 0.3) is 0 Å². The van der Waals surface area contributed by atoms with Crippen molar-refractivity contribution in [3.8, 4) is 5.69 Å². The maximum absolute atomic E-state index is 12.6. The molecule has 0 aliphatic heterocycles. The monoisotopic (exact) mass is 373 g/mol. The van der Waals surface area contributed by atoms with E-state index in [1.54, 1.807) is 16.4 Å². The van der Waals surface area contributed by atoms with Gasteiger partial charge in [-0.25, -0.2) is 0 Å². The normalized spacial score (nSPS) is 15.1. The zero-order chi connectivity index (χ0) is 18.2. The molecule has 1 aromatic carbocycles. The summed E-state index contributed by atoms with van der Waals surface area (Å²) in [5.41, 5.74) is 0.950. The van der Waals surface area contributed by atoms with Crippen molar-refractivity contribution in [2.24, 2.45) is 0 Å². The van der Waals surface area contributed by atoms with E-state index in [9.17, 15) is 4.79 Å². The van der Waals surface area contributed by atoms with Crippen molar-refractivity contribution >= 4 is 17.7 Å². The average molecular weight is 374 g/mol. The fraction of sp³-hybridized carbons (Fsp3) is 0.579. The Bertz CT molecular complexity index is 684. The van der Waals surface area contributed by atoms with Crippen LogP contribution in [0.5, 0.6) is 0 Å². The fourth-order valence-corrected chi connectivity index (χ4v) is 4.39. The van der Waals surface area contributed by atoms with Crippen molar-refractivity contribution < 1.29 is 4.79 Å². The van der Waals surface area contributed by atoms with Crippen LogP contribution >= 0.6 is 11.8 Å². The van der Waals surface area contributed by atoms with Gasteiger partial charge in [0.05, 0.1) is 5.69 Å². The van der Waals surface area contributed by atoms with E-state index in [4.69, 9.17) is 0 Å². The van der Waals surface area contributed by atoms with Gasteiger partial charge < -0.3 is 4.90 Å². The lowest BCUT2D eigenvalue weighted by molar-refractivity contribution is -0.133. The Morgan fingerprint density at radius 2 is 2.00 bits per heavy atom. The second kappa shape index (κ2) is 9.71. The number of rotatable bonds is 8. The zero-order valence-corrected chi connectivity index (χ0v) is 16.2. The van der Waals surface area contributed by atoms with Gasteiger partial charge in [0, 0.05) is 24.8 Å². The van der Waals surface area contributed by atoms with Crippen molar-refractivity contribution in [3.05, 3.63) is 30.3 Å². The summed E-state index contributed by atoms with van der Waals surface area (Å²) < 4.78 is 1.74. The number of aromatic nitrogens is 4. The first-order chi connectivity index (χ1) is 12.8. The van der Waals surface area contributed by atoms with Crippen molar-refractivity contribution in [3.63, 3.8) is 0 Å². The molecular formula is C19H27N5OS. The largest absolute Gasteiger partial charge is 0.340 e. The molecule has 3 rings (SSSR count). The van der Waals surface area contributed by atoms with E-state index in [0.29, 0.717) is 18.4 Å². The number of hydrogen-bond donors (Lipinski definition) is 0. The molecule has 1 amide bonds. The molecule has 0 unspecified atom stereocenters. The molecule has 1 aliphatic rings. The van der Waals surface area contributed by atoms with Gasteiger partial charge >= 0.3 is 0 Å². The number of benzene rings is 1. The zero-order valence-electron chi connectivity index (χ0n) is 15.4. The van der Waals surface area contributed by atoms with E-state index in [-0.39, 0.29) is 0 Å². The highest BCUT2D eigenvalue weighted by molar-refractivity contribution is 7.99. The highest BCUT2D eigenvalue weighted by Crippen LogP contribution is 2.24. The van der Waals surface area contributed by atoms with Crippen molar-refractivity contribution in [2.75, 3.05) is 12.3 Å². The van der Waals surface area contributed by atoms with E-state index >= 15 is 0 Å². The van der Waals surface area contributed by atoms with Gasteiger partial charge in [0.15, 0.2) is 0 Å². The van der Waals surface area contributed by atoms with Gasteiger partial charge in [-0.05, 0) is 48.7 Å². The number of amides is 1. The molecule has 7 heteroatoms. The number of hydrogen-bond acceptors (Lipinski definition) is 5. The maximum atomic E-state index is 12.6. The van der Waals surface area contributed by atoms with E-state index in [1.165, 1.54) is 32.1 Å². The standard InChI is InChI=1S/C19H27N5OS/c1-2-23(16-10-5-3-6-11-16)18(25)14-9-15-26-19-20-21-22-24(19)17-12-7-4-8-13-17/h4,7-8,12-13,16H,2-3,5-6,9-11,14-15H2,1H3. The molecule has 1 saturated carbocycles. The minimum atomic E-state index is 0.294. The van der Waals surface area contributed by atoms with E-state index in [2.05, 4.69) is 27.3 Å². The third-order valence-corrected chi connectivity index (χ3v) is 5.89. The Labute approximate surface area is 159 Å². The predicted molar refractivity (Wildman–Crippen MR) is 103 cm³/mol. The van der Waals surface area contributed by atoms with Gasteiger partial charge in [0.1, 0.15) is 0 Å². The molecule has 0 bridgehead atoms. The molecule has 1 aromatic heterocycles. The van der Waals surface area contributed by atoms with Crippen molar-refractivity contribution in [1.82, 2.24) is 25.1 Å². The molecule has 1 fully saturated rings. The second-order valence-corrected chi connectivity index (χ2v) is 7.69. The number of para-hydroxylation sites is 1. The lowest BCUT2D eigenvalue weighted by atomic mass is 9.94. The third-order valence-electron chi connectivity index (χ3n) is 4.88. The summed E-state index contributed by atoms with van der Waals surface area (Å²) in [4.78, 5) is 14.7. The molecule has 2 aromatic rings. The second-order valence-electron chi connectivity index (χ2n) is 6.63. The summed E-state index contributed by atoms with van der Waals surface area (Å²) in [5.74, 6) is 1.13. The fourth-order valence-electron chi connectivity index (χ4n) is 3.56. The summed E-state index contributed by atoms with van der Waals surface area (Å²) in [5, 5.41) is 12.7. The summed E-state index contributed by atoms with van der Waals surface area (Å²) >= 11 is 1.60. The lowest BCUT2D eigenvalue weighted by Crippen LogP contribution is -2.41. The van der Waals surface area contributed by atoms with Gasteiger partial charge in [-0.15, -0.1) is 5.10 Å². The van der Waals surface area contributed by atoms with Gasteiger partial charge in [-0.1, -0.05) is 49.2 Å². The van der Waals surface area contributed by atoms with Crippen molar-refractivity contribution in [1.29, 1.82) is 0 Å². The first-order valence-electron chi connectivity index (χ1n) is 9.55. The summed E-state index contributed by atoms with van der Waals surface area (Å²) in [7, 11) is 0. The Morgan fingerprint density at radius 1 is 1.23 bits per heavy atom. The van der Waals surface area contributed by atoms with Crippen LogP contribution in [0.1, 0.15) is 51.9 Å². The molecule has 0 radical (unpaired) electrons. The Balaban J connectivity index is 1.47. The SMILES string of the molecule is CCN(C(=O)CCCSc1nnnn1-c1ccccc1)C1CCCCC1. The number of thioether (sulfide) groups is 1. The van der Waals surface area contributed by atoms with Gasteiger partial charge in [0.2, 0.25) is 11.1 Å². The smallest absolute Gasteiger partial charge is 0.222 e. The quantitative estimate of drug-likeness (QED) is 0.521. The van der Waals surface area contributed by atoms with Crippen LogP contribution in [-0.4, -0.2) is 49.4 Å². The summed E-state index contributed by atoms with van der Waals surface area (Å²) in [6.07, 6.45) is 7.60. The molecule has 0 saturated heterocycles. The lowest BCUT2D eigenvalue weighted by Gasteiger charge is -2.33. The first-order valence-corrected chi connectivity index (χ1v) is 10.5. The predicted octanol–water partition coefficient (Wildman–Crippen LogP) is 3.72. The van der Waals surface area contributed by atoms with Crippen LogP contribution in [0.2, 0.25) is 0 Å². The highest BCUT2D eigenvalue weighted by atomic mass is 32.2. The van der Waals surface area contributed by atoms with Gasteiger partial charge in [-0.3, -0.25) is 4.79 Å². The van der Waals surface area contributed by atoms with Crippen LogP contribution in [0, 0.1) is 0 Å². The third kappa shape index (κ3) is 4.84. The van der Waals surface area contributed by atoms with E-state index in [0.717, 1.165) is 29.6 Å². The molecule has 0 atom stereocenters. The van der Waals surface area contributed by atoms with Crippen LogP contribution in [0.3, 0.4) is 0 Å². The van der Waals surface area contributed by atoms with E-state index < -0.39 is 0 Å². The molecule has 26 heavy (non-hydrogen) atoms. The number of carbonyl (C=O) groups excluding carboxylic acids is 1. The van der Waals surface area contributed by atoms with Crippen LogP contribution in [0.25, 0.3) is 5.69 Å². The molecule has 140 valence electrons. The van der Waals surface area contributed by atoms with Crippen LogP contribution in [-0.2, 0) is 4.79 Å². The summed E-state index contributed by atoms with van der Waals surface area (Å²) in [6, 6.07) is 10.3. The van der Waals surface area contributed by atoms with Crippen LogP contribution in [0.15, 0.2) is 35.5 Å². The minimum absolute atomic E-state index is 0.294. The minimum Gasteiger partial charge on any atom is -0.340 e. The van der Waals surface area contributed by atoms with Crippen LogP contribution < -0.4 is 0 Å². The summed E-state index contributed by atoms with van der Waals surface area (Å²) in [6.45, 7) is 2.91. The number of tetrazole rings is 1. The molecule has 0 spiro atoms.